The summed E-state index contributed by atoms with van der Waals surface area (Å²) in [5.41, 5.74) is 1.23. The maximum Gasteiger partial charge on any atom is 0.338 e. The van der Waals surface area contributed by atoms with Gasteiger partial charge in [0.05, 0.1) is 15.8 Å². The largest absolute Gasteiger partial charge is 0.478 e. The zero-order valence-electron chi connectivity index (χ0n) is 9.93. The normalized spacial score (nSPS) is 23.6. The van der Waals surface area contributed by atoms with E-state index in [1.54, 1.807) is 0 Å². The Labute approximate surface area is 108 Å². The quantitative estimate of drug-likeness (QED) is 0.869. The van der Waals surface area contributed by atoms with Crippen LogP contribution in [0.1, 0.15) is 35.9 Å². The molecular weight excluding hydrogens is 250 g/mol. The number of pyridine rings is 1. The second kappa shape index (κ2) is 3.98. The van der Waals surface area contributed by atoms with Gasteiger partial charge in [-0.2, -0.15) is 0 Å². The maximum atomic E-state index is 11.1. The molecule has 1 saturated heterocycles. The van der Waals surface area contributed by atoms with E-state index >= 15 is 0 Å². The second-order valence-electron chi connectivity index (χ2n) is 4.63. The highest BCUT2D eigenvalue weighted by Crippen LogP contribution is 2.45. The first kappa shape index (κ1) is 11.5. The average molecular weight is 263 g/mol. The van der Waals surface area contributed by atoms with Gasteiger partial charge in [-0.25, -0.2) is 14.8 Å². The minimum atomic E-state index is -0.957. The van der Waals surface area contributed by atoms with Gasteiger partial charge in [-0.05, 0) is 31.6 Å². The molecule has 18 heavy (non-hydrogen) atoms. The van der Waals surface area contributed by atoms with E-state index in [4.69, 9.17) is 5.11 Å². The summed E-state index contributed by atoms with van der Waals surface area (Å²) in [6.45, 7) is 2.14. The van der Waals surface area contributed by atoms with Gasteiger partial charge in [0.25, 0.3) is 0 Å². The van der Waals surface area contributed by atoms with E-state index in [9.17, 15) is 4.79 Å². The van der Waals surface area contributed by atoms with Gasteiger partial charge in [-0.1, -0.05) is 0 Å². The number of thioether (sulfide) groups is 1. The van der Waals surface area contributed by atoms with Crippen LogP contribution in [0.5, 0.6) is 0 Å². The lowest BCUT2D eigenvalue weighted by Gasteiger charge is -2.18. The van der Waals surface area contributed by atoms with E-state index in [0.29, 0.717) is 11.2 Å². The van der Waals surface area contributed by atoms with Crippen molar-refractivity contribution in [2.45, 2.75) is 24.5 Å². The molecule has 1 unspecified atom stereocenters. The SMILES string of the molecule is CC1(c2nc3nccc(C(=O)O)c3[nH]2)CCCS1. The summed E-state index contributed by atoms with van der Waals surface area (Å²) in [4.78, 5) is 22.9. The van der Waals surface area contributed by atoms with E-state index in [1.807, 2.05) is 11.8 Å². The molecule has 0 amide bonds. The molecule has 5 nitrogen and oxygen atoms in total. The molecule has 2 N–H and O–H groups in total. The molecule has 2 aromatic rings. The van der Waals surface area contributed by atoms with Gasteiger partial charge in [0.15, 0.2) is 5.65 Å². The summed E-state index contributed by atoms with van der Waals surface area (Å²) in [5, 5.41) is 9.14. The summed E-state index contributed by atoms with van der Waals surface area (Å²) >= 11 is 1.86. The Morgan fingerprint density at radius 3 is 3.11 bits per heavy atom. The van der Waals surface area contributed by atoms with Gasteiger partial charge < -0.3 is 10.1 Å². The molecule has 1 aliphatic heterocycles. The molecule has 1 atom stereocenters. The Bertz CT molecular complexity index is 617. The van der Waals surface area contributed by atoms with E-state index < -0.39 is 5.97 Å². The van der Waals surface area contributed by atoms with Gasteiger partial charge in [-0.15, -0.1) is 11.8 Å². The van der Waals surface area contributed by atoms with E-state index in [-0.39, 0.29) is 10.3 Å². The van der Waals surface area contributed by atoms with Crippen LogP contribution in [-0.4, -0.2) is 31.8 Å². The first-order chi connectivity index (χ1) is 8.60. The molecule has 0 saturated carbocycles. The number of aromatic nitrogens is 3. The number of nitrogens with one attached hydrogen (secondary N) is 1. The second-order valence-corrected chi connectivity index (χ2v) is 6.23. The molecule has 0 aromatic carbocycles. The minimum Gasteiger partial charge on any atom is -0.478 e. The molecule has 0 radical (unpaired) electrons. The van der Waals surface area contributed by atoms with Crippen LogP contribution in [-0.2, 0) is 4.75 Å². The fourth-order valence-electron chi connectivity index (χ4n) is 2.31. The van der Waals surface area contributed by atoms with Crippen molar-refractivity contribution in [2.24, 2.45) is 0 Å². The van der Waals surface area contributed by atoms with Crippen LogP contribution < -0.4 is 0 Å². The first-order valence-corrected chi connectivity index (χ1v) is 6.81. The number of carboxylic acid groups (broad SMARTS) is 1. The van der Waals surface area contributed by atoms with Crippen LogP contribution in [0.15, 0.2) is 12.3 Å². The van der Waals surface area contributed by atoms with Crippen LogP contribution >= 0.6 is 11.8 Å². The summed E-state index contributed by atoms with van der Waals surface area (Å²) in [6.07, 6.45) is 3.71. The fraction of sp³-hybridized carbons (Fsp3) is 0.417. The Kier molecular flexibility index (Phi) is 2.55. The summed E-state index contributed by atoms with van der Waals surface area (Å²) in [6, 6.07) is 1.50. The van der Waals surface area contributed by atoms with Crippen LogP contribution in [0.3, 0.4) is 0 Å². The lowest BCUT2D eigenvalue weighted by atomic mass is 10.1. The van der Waals surface area contributed by atoms with E-state index in [1.165, 1.54) is 12.3 Å². The number of hydrogen-bond acceptors (Lipinski definition) is 4. The number of aromatic amines is 1. The third-order valence-electron chi connectivity index (χ3n) is 3.34. The molecule has 6 heteroatoms. The summed E-state index contributed by atoms with van der Waals surface area (Å²) in [5.74, 6) is 0.996. The number of aromatic carboxylic acids is 1. The third kappa shape index (κ3) is 1.68. The highest BCUT2D eigenvalue weighted by atomic mass is 32.2. The minimum absolute atomic E-state index is 0.0452. The number of imidazole rings is 1. The van der Waals surface area contributed by atoms with Crippen molar-refractivity contribution >= 4 is 28.9 Å². The first-order valence-electron chi connectivity index (χ1n) is 5.83. The van der Waals surface area contributed by atoms with Crippen molar-refractivity contribution in [1.29, 1.82) is 0 Å². The molecule has 1 aliphatic rings. The Balaban J connectivity index is 2.16. The van der Waals surface area contributed by atoms with Crippen LogP contribution in [0.25, 0.3) is 11.2 Å². The van der Waals surface area contributed by atoms with Gasteiger partial charge in [0, 0.05) is 6.20 Å². The lowest BCUT2D eigenvalue weighted by Crippen LogP contribution is -2.14. The smallest absolute Gasteiger partial charge is 0.338 e. The average Bonchev–Trinajstić information content (AvgIpc) is 2.94. The molecule has 3 heterocycles. The zero-order valence-corrected chi connectivity index (χ0v) is 10.8. The van der Waals surface area contributed by atoms with Crippen LogP contribution in [0, 0.1) is 0 Å². The van der Waals surface area contributed by atoms with Crippen molar-refractivity contribution in [1.82, 2.24) is 15.0 Å². The van der Waals surface area contributed by atoms with Gasteiger partial charge in [0.1, 0.15) is 5.82 Å². The lowest BCUT2D eigenvalue weighted by molar-refractivity contribution is 0.0698. The van der Waals surface area contributed by atoms with Gasteiger partial charge >= 0.3 is 5.97 Å². The van der Waals surface area contributed by atoms with Crippen LogP contribution in [0.2, 0.25) is 0 Å². The molecule has 3 rings (SSSR count). The molecule has 2 aromatic heterocycles. The van der Waals surface area contributed by atoms with Gasteiger partial charge in [0.2, 0.25) is 0 Å². The Hall–Kier alpha value is -1.56. The standard InChI is InChI=1S/C12H13N3O2S/c1-12(4-2-6-18-12)11-14-8-7(10(16)17)3-5-13-9(8)15-11/h3,5H,2,4,6H2,1H3,(H,16,17)(H,13,14,15). The highest BCUT2D eigenvalue weighted by Gasteiger charge is 2.34. The van der Waals surface area contributed by atoms with Crippen LogP contribution in [0.4, 0.5) is 0 Å². The molecule has 1 fully saturated rings. The number of H-pyrrole nitrogens is 1. The number of carboxylic acids is 1. The maximum absolute atomic E-state index is 11.1. The van der Waals surface area contributed by atoms with Gasteiger partial charge in [-0.3, -0.25) is 0 Å². The molecular formula is C12H13N3O2S. The van der Waals surface area contributed by atoms with Crippen molar-refractivity contribution in [3.63, 3.8) is 0 Å². The Morgan fingerprint density at radius 2 is 2.44 bits per heavy atom. The third-order valence-corrected chi connectivity index (χ3v) is 4.87. The van der Waals surface area contributed by atoms with Crippen molar-refractivity contribution < 1.29 is 9.90 Å². The van der Waals surface area contributed by atoms with E-state index in [2.05, 4.69) is 21.9 Å². The highest BCUT2D eigenvalue weighted by molar-refractivity contribution is 8.00. The summed E-state index contributed by atoms with van der Waals surface area (Å²) in [7, 11) is 0. The number of carbonyl (C=O) groups is 1. The number of nitrogens with zero attached hydrogens (tertiary/aromatic N) is 2. The van der Waals surface area contributed by atoms with Crippen molar-refractivity contribution in [3.8, 4) is 0 Å². The number of hydrogen-bond donors (Lipinski definition) is 2. The predicted octanol–water partition coefficient (Wildman–Crippen LogP) is 2.40. The topological polar surface area (TPSA) is 78.9 Å². The number of fused-ring (bicyclic) bond motifs is 1. The molecule has 0 aliphatic carbocycles. The van der Waals surface area contributed by atoms with E-state index in [0.717, 1.165) is 24.4 Å². The fourth-order valence-corrected chi connectivity index (χ4v) is 3.57. The monoisotopic (exact) mass is 263 g/mol. The number of rotatable bonds is 2. The summed E-state index contributed by atoms with van der Waals surface area (Å²) < 4.78 is -0.0452. The van der Waals surface area contributed by atoms with Crippen molar-refractivity contribution in [2.75, 3.05) is 5.75 Å². The van der Waals surface area contributed by atoms with Crippen molar-refractivity contribution in [3.05, 3.63) is 23.7 Å². The zero-order chi connectivity index (χ0) is 12.8. The molecule has 0 spiro atoms. The molecule has 94 valence electrons. The Morgan fingerprint density at radius 1 is 1.61 bits per heavy atom. The predicted molar refractivity (Wildman–Crippen MR) is 69.9 cm³/mol. The molecule has 0 bridgehead atoms.